The molecule has 0 unspecified atom stereocenters. The first-order chi connectivity index (χ1) is 11.4. The molecular weight excluding hydrogens is 380 g/mol. The van der Waals surface area contributed by atoms with Crippen molar-refractivity contribution in [1.29, 1.82) is 0 Å². The Bertz CT molecular complexity index is 863. The van der Waals surface area contributed by atoms with Gasteiger partial charge in [-0.3, -0.25) is 14.4 Å². The largest absolute Gasteiger partial charge is 0.481 e. The van der Waals surface area contributed by atoms with Crippen LogP contribution in [-0.2, 0) is 9.53 Å². The lowest BCUT2D eigenvalue weighted by atomic mass is 10.1. The molecule has 0 aliphatic carbocycles. The lowest BCUT2D eigenvalue weighted by Gasteiger charge is -2.32. The Labute approximate surface area is 145 Å². The maximum atomic E-state index is 12.6. The van der Waals surface area contributed by atoms with Crippen molar-refractivity contribution in [2.45, 2.75) is 12.5 Å². The Morgan fingerprint density at radius 1 is 1.38 bits per heavy atom. The maximum absolute atomic E-state index is 12.6. The number of H-pyrrole nitrogens is 1. The third-order valence-electron chi connectivity index (χ3n) is 3.85. The van der Waals surface area contributed by atoms with Gasteiger partial charge in [0, 0.05) is 34.5 Å². The molecule has 0 spiro atoms. The molecule has 0 radical (unpaired) electrons. The van der Waals surface area contributed by atoms with Crippen molar-refractivity contribution in [3.05, 3.63) is 44.7 Å². The summed E-state index contributed by atoms with van der Waals surface area (Å²) in [5, 5.41) is 9.34. The molecule has 1 saturated heterocycles. The summed E-state index contributed by atoms with van der Waals surface area (Å²) in [6, 6.07) is 6.48. The molecule has 24 heavy (non-hydrogen) atoms. The molecule has 1 aromatic carbocycles. The number of hydrogen-bond acceptors (Lipinski definition) is 4. The van der Waals surface area contributed by atoms with E-state index in [0.29, 0.717) is 17.4 Å². The van der Waals surface area contributed by atoms with Gasteiger partial charge in [-0.05, 0) is 18.2 Å². The number of aromatic amines is 1. The third-order valence-corrected chi connectivity index (χ3v) is 4.34. The monoisotopic (exact) mass is 394 g/mol. The first-order valence-corrected chi connectivity index (χ1v) is 8.18. The van der Waals surface area contributed by atoms with Gasteiger partial charge in [-0.15, -0.1) is 0 Å². The van der Waals surface area contributed by atoms with Gasteiger partial charge >= 0.3 is 5.97 Å². The molecule has 8 heteroatoms. The lowest BCUT2D eigenvalue weighted by Crippen LogP contribution is -2.46. The summed E-state index contributed by atoms with van der Waals surface area (Å²) in [6.07, 6.45) is -0.699. The standard InChI is InChI=1S/C16H15BrN2O5/c17-9-1-2-12-11(5-9)14(20)7-13(18-12)16(23)19-3-4-24-10(8-19)6-15(21)22/h1-2,5,7,10H,3-4,6,8H2,(H,18,20)(H,21,22)/t10-/m0/s1. The molecule has 0 saturated carbocycles. The van der Waals surface area contributed by atoms with Crippen molar-refractivity contribution in [3.63, 3.8) is 0 Å². The van der Waals surface area contributed by atoms with Gasteiger partial charge in [0.2, 0.25) is 0 Å². The van der Waals surface area contributed by atoms with Gasteiger partial charge in [0.05, 0.1) is 19.1 Å². The fourth-order valence-corrected chi connectivity index (χ4v) is 3.09. The topological polar surface area (TPSA) is 99.7 Å². The quantitative estimate of drug-likeness (QED) is 0.823. The molecule has 7 nitrogen and oxygen atoms in total. The van der Waals surface area contributed by atoms with E-state index in [1.165, 1.54) is 11.0 Å². The van der Waals surface area contributed by atoms with E-state index in [1.807, 2.05) is 0 Å². The van der Waals surface area contributed by atoms with Crippen LogP contribution >= 0.6 is 15.9 Å². The van der Waals surface area contributed by atoms with Crippen LogP contribution in [0.2, 0.25) is 0 Å². The minimum absolute atomic E-state index is 0.161. The van der Waals surface area contributed by atoms with Crippen LogP contribution in [-0.4, -0.2) is 52.7 Å². The number of pyridine rings is 1. The van der Waals surface area contributed by atoms with Crippen molar-refractivity contribution >= 4 is 38.7 Å². The number of carboxylic acid groups (broad SMARTS) is 1. The number of hydrogen-bond donors (Lipinski definition) is 2. The molecule has 1 aromatic heterocycles. The number of fused-ring (bicyclic) bond motifs is 1. The number of ether oxygens (including phenoxy) is 1. The smallest absolute Gasteiger partial charge is 0.306 e. The van der Waals surface area contributed by atoms with E-state index >= 15 is 0 Å². The summed E-state index contributed by atoms with van der Waals surface area (Å²) < 4.78 is 6.14. The van der Waals surface area contributed by atoms with Gasteiger partial charge in [-0.2, -0.15) is 0 Å². The van der Waals surface area contributed by atoms with Crippen LogP contribution in [0.3, 0.4) is 0 Å². The molecule has 3 rings (SSSR count). The molecule has 0 bridgehead atoms. The number of nitrogens with zero attached hydrogens (tertiary/aromatic N) is 1. The molecule has 2 aromatic rings. The fourth-order valence-electron chi connectivity index (χ4n) is 2.73. The summed E-state index contributed by atoms with van der Waals surface area (Å²) in [5.74, 6) is -1.31. The Hall–Kier alpha value is -2.19. The van der Waals surface area contributed by atoms with Gasteiger partial charge < -0.3 is 19.7 Å². The summed E-state index contributed by atoms with van der Waals surface area (Å²) in [7, 11) is 0. The minimum atomic E-state index is -0.973. The van der Waals surface area contributed by atoms with E-state index in [2.05, 4.69) is 20.9 Å². The zero-order valence-electron chi connectivity index (χ0n) is 12.6. The van der Waals surface area contributed by atoms with Crippen LogP contribution in [0.5, 0.6) is 0 Å². The van der Waals surface area contributed by atoms with Crippen LogP contribution in [0.25, 0.3) is 10.9 Å². The van der Waals surface area contributed by atoms with E-state index in [-0.39, 0.29) is 36.6 Å². The van der Waals surface area contributed by atoms with Crippen molar-refractivity contribution < 1.29 is 19.4 Å². The van der Waals surface area contributed by atoms with Crippen LogP contribution in [0.1, 0.15) is 16.9 Å². The van der Waals surface area contributed by atoms with Gasteiger partial charge in [-0.1, -0.05) is 15.9 Å². The van der Waals surface area contributed by atoms with E-state index < -0.39 is 12.1 Å². The molecule has 1 aliphatic heterocycles. The number of carbonyl (C=O) groups is 2. The number of rotatable bonds is 3. The number of aliphatic carboxylic acids is 1. The van der Waals surface area contributed by atoms with Gasteiger partial charge in [0.1, 0.15) is 5.69 Å². The molecule has 1 amide bonds. The Morgan fingerprint density at radius 2 is 2.17 bits per heavy atom. The molecule has 2 N–H and O–H groups in total. The second-order valence-electron chi connectivity index (χ2n) is 5.58. The number of benzene rings is 1. The number of aromatic nitrogens is 1. The van der Waals surface area contributed by atoms with Gasteiger partial charge in [0.25, 0.3) is 5.91 Å². The number of carbonyl (C=O) groups excluding carboxylic acids is 1. The highest BCUT2D eigenvalue weighted by Crippen LogP contribution is 2.17. The minimum Gasteiger partial charge on any atom is -0.481 e. The first kappa shape index (κ1) is 16.7. The molecule has 1 aliphatic rings. The average Bonchev–Trinajstić information content (AvgIpc) is 2.54. The number of morpholine rings is 1. The highest BCUT2D eigenvalue weighted by atomic mass is 79.9. The molecule has 1 fully saturated rings. The fraction of sp³-hybridized carbons (Fsp3) is 0.312. The zero-order valence-corrected chi connectivity index (χ0v) is 14.2. The molecular formula is C16H15BrN2O5. The second-order valence-corrected chi connectivity index (χ2v) is 6.49. The SMILES string of the molecule is O=C(O)C[C@H]1CN(C(=O)c2cc(=O)c3cc(Br)ccc3[nH]2)CCO1. The Kier molecular flexibility index (Phi) is 4.68. The number of nitrogens with one attached hydrogen (secondary N) is 1. The molecule has 1 atom stereocenters. The normalized spacial score (nSPS) is 17.9. The third kappa shape index (κ3) is 3.49. The van der Waals surface area contributed by atoms with Crippen molar-refractivity contribution in [1.82, 2.24) is 9.88 Å². The Morgan fingerprint density at radius 3 is 2.92 bits per heavy atom. The summed E-state index contributed by atoms with van der Waals surface area (Å²) in [6.45, 7) is 0.815. The second kappa shape index (κ2) is 6.74. The summed E-state index contributed by atoms with van der Waals surface area (Å²) in [4.78, 5) is 40.2. The van der Waals surface area contributed by atoms with Crippen LogP contribution in [0.15, 0.2) is 33.5 Å². The summed E-state index contributed by atoms with van der Waals surface area (Å²) >= 11 is 3.31. The lowest BCUT2D eigenvalue weighted by molar-refractivity contribution is -0.141. The molecule has 126 valence electrons. The van der Waals surface area contributed by atoms with E-state index in [9.17, 15) is 14.4 Å². The Balaban J connectivity index is 1.87. The zero-order chi connectivity index (χ0) is 17.3. The van der Waals surface area contributed by atoms with Crippen molar-refractivity contribution in [3.8, 4) is 0 Å². The summed E-state index contributed by atoms with van der Waals surface area (Å²) in [5.41, 5.74) is 0.513. The van der Waals surface area contributed by atoms with Crippen molar-refractivity contribution in [2.24, 2.45) is 0 Å². The number of amides is 1. The highest BCUT2D eigenvalue weighted by molar-refractivity contribution is 9.10. The van der Waals surface area contributed by atoms with E-state index in [0.717, 1.165) is 4.47 Å². The van der Waals surface area contributed by atoms with Crippen LogP contribution < -0.4 is 5.43 Å². The molecule has 2 heterocycles. The predicted molar refractivity (Wildman–Crippen MR) is 90.2 cm³/mol. The predicted octanol–water partition coefficient (Wildman–Crippen LogP) is 1.61. The van der Waals surface area contributed by atoms with E-state index in [1.54, 1.807) is 18.2 Å². The van der Waals surface area contributed by atoms with Crippen LogP contribution in [0, 0.1) is 0 Å². The number of halogens is 1. The average molecular weight is 395 g/mol. The van der Waals surface area contributed by atoms with Gasteiger partial charge in [0.15, 0.2) is 5.43 Å². The number of carboxylic acids is 1. The van der Waals surface area contributed by atoms with Gasteiger partial charge in [-0.25, -0.2) is 0 Å². The van der Waals surface area contributed by atoms with Crippen molar-refractivity contribution in [2.75, 3.05) is 19.7 Å². The maximum Gasteiger partial charge on any atom is 0.306 e. The highest BCUT2D eigenvalue weighted by Gasteiger charge is 2.27. The van der Waals surface area contributed by atoms with E-state index in [4.69, 9.17) is 9.84 Å². The van der Waals surface area contributed by atoms with Crippen LogP contribution in [0.4, 0.5) is 0 Å². The first-order valence-electron chi connectivity index (χ1n) is 7.39.